The minimum Gasteiger partial charge on any atom is -0.338 e. The first-order valence-corrected chi connectivity index (χ1v) is 5.53. The number of rotatable bonds is 4. The number of hydrogen-bond acceptors (Lipinski definition) is 2. The number of urea groups is 1. The second kappa shape index (κ2) is 5.86. The second-order valence-electron chi connectivity index (χ2n) is 3.66. The molecule has 1 atom stereocenters. The van der Waals surface area contributed by atoms with E-state index in [-0.39, 0.29) is 6.03 Å². The molecule has 14 heavy (non-hydrogen) atoms. The largest absolute Gasteiger partial charge is 0.338 e. The molecular formula is C10H21N3O. The summed E-state index contributed by atoms with van der Waals surface area (Å²) in [4.78, 5) is 13.6. The van der Waals surface area contributed by atoms with Crippen molar-refractivity contribution in [3.8, 4) is 0 Å². The van der Waals surface area contributed by atoms with Crippen LogP contribution in [-0.2, 0) is 0 Å². The van der Waals surface area contributed by atoms with Crippen molar-refractivity contribution in [3.63, 3.8) is 0 Å². The average molecular weight is 199 g/mol. The summed E-state index contributed by atoms with van der Waals surface area (Å²) in [5.74, 6) is 0. The van der Waals surface area contributed by atoms with E-state index < -0.39 is 0 Å². The Kier molecular flexibility index (Phi) is 4.73. The van der Waals surface area contributed by atoms with Crippen molar-refractivity contribution in [1.29, 1.82) is 0 Å². The molecule has 2 amide bonds. The first-order valence-electron chi connectivity index (χ1n) is 5.53. The highest BCUT2D eigenvalue weighted by Gasteiger charge is 2.22. The van der Waals surface area contributed by atoms with Crippen molar-refractivity contribution in [2.45, 2.75) is 32.7 Å². The Labute approximate surface area is 86.0 Å². The number of likely N-dealkylation sites (tertiary alicyclic amines) is 1. The van der Waals surface area contributed by atoms with Gasteiger partial charge in [-0.25, -0.2) is 4.79 Å². The van der Waals surface area contributed by atoms with Crippen LogP contribution in [0, 0.1) is 0 Å². The summed E-state index contributed by atoms with van der Waals surface area (Å²) in [5.41, 5.74) is 0. The van der Waals surface area contributed by atoms with E-state index in [0.29, 0.717) is 12.6 Å². The molecule has 0 aliphatic carbocycles. The van der Waals surface area contributed by atoms with Gasteiger partial charge in [-0.15, -0.1) is 0 Å². The zero-order valence-corrected chi connectivity index (χ0v) is 9.18. The molecule has 2 N–H and O–H groups in total. The third-order valence-electron chi connectivity index (χ3n) is 2.74. The highest BCUT2D eigenvalue weighted by Crippen LogP contribution is 2.15. The summed E-state index contributed by atoms with van der Waals surface area (Å²) < 4.78 is 0. The number of nitrogens with one attached hydrogen (secondary N) is 2. The van der Waals surface area contributed by atoms with E-state index in [1.807, 2.05) is 6.92 Å². The summed E-state index contributed by atoms with van der Waals surface area (Å²) in [7, 11) is 0. The van der Waals surface area contributed by atoms with Crippen LogP contribution in [0.15, 0.2) is 0 Å². The van der Waals surface area contributed by atoms with Gasteiger partial charge in [-0.05, 0) is 32.9 Å². The lowest BCUT2D eigenvalue weighted by Gasteiger charge is -2.22. The van der Waals surface area contributed by atoms with Crippen LogP contribution in [0.5, 0.6) is 0 Å². The van der Waals surface area contributed by atoms with Gasteiger partial charge in [0.2, 0.25) is 0 Å². The molecule has 0 spiro atoms. The van der Waals surface area contributed by atoms with E-state index in [1.54, 1.807) is 0 Å². The summed E-state index contributed by atoms with van der Waals surface area (Å²) in [6.45, 7) is 7.82. The Balaban J connectivity index is 2.20. The van der Waals surface area contributed by atoms with Crippen LogP contribution in [0.3, 0.4) is 0 Å². The van der Waals surface area contributed by atoms with Crippen LogP contribution >= 0.6 is 0 Å². The molecule has 1 heterocycles. The summed E-state index contributed by atoms with van der Waals surface area (Å²) in [6, 6.07) is 0.498. The molecule has 1 aliphatic heterocycles. The Hall–Kier alpha value is -0.770. The zero-order valence-electron chi connectivity index (χ0n) is 9.18. The SMILES string of the molecule is CCNC(=O)NCC1CCCN1CC. The number of hydrogen-bond donors (Lipinski definition) is 2. The van der Waals surface area contributed by atoms with Crippen LogP contribution in [0.1, 0.15) is 26.7 Å². The van der Waals surface area contributed by atoms with Crippen LogP contribution in [0.25, 0.3) is 0 Å². The molecule has 1 rings (SSSR count). The van der Waals surface area contributed by atoms with E-state index in [0.717, 1.165) is 13.1 Å². The lowest BCUT2D eigenvalue weighted by molar-refractivity contribution is 0.229. The van der Waals surface area contributed by atoms with Crippen molar-refractivity contribution in [2.75, 3.05) is 26.2 Å². The van der Waals surface area contributed by atoms with Gasteiger partial charge in [-0.1, -0.05) is 6.92 Å². The van der Waals surface area contributed by atoms with Gasteiger partial charge < -0.3 is 10.6 Å². The Morgan fingerprint density at radius 1 is 1.43 bits per heavy atom. The number of likely N-dealkylation sites (N-methyl/N-ethyl adjacent to an activating group) is 1. The summed E-state index contributed by atoms with van der Waals surface area (Å²) in [6.07, 6.45) is 2.47. The fourth-order valence-corrected chi connectivity index (χ4v) is 1.98. The van der Waals surface area contributed by atoms with Crippen molar-refractivity contribution >= 4 is 6.03 Å². The molecule has 4 heteroatoms. The standard InChI is InChI=1S/C10H21N3O/c1-3-11-10(14)12-8-9-6-5-7-13(9)4-2/h9H,3-8H2,1-2H3,(H2,11,12,14). The first kappa shape index (κ1) is 11.3. The second-order valence-corrected chi connectivity index (χ2v) is 3.66. The zero-order chi connectivity index (χ0) is 10.4. The summed E-state index contributed by atoms with van der Waals surface area (Å²) in [5, 5.41) is 5.63. The van der Waals surface area contributed by atoms with Crippen LogP contribution in [0.4, 0.5) is 4.79 Å². The minimum absolute atomic E-state index is 0.0459. The maximum absolute atomic E-state index is 11.2. The Morgan fingerprint density at radius 3 is 2.86 bits per heavy atom. The van der Waals surface area contributed by atoms with Crippen molar-refractivity contribution in [1.82, 2.24) is 15.5 Å². The number of carbonyl (C=O) groups excluding carboxylic acids is 1. The molecule has 0 bridgehead atoms. The van der Waals surface area contributed by atoms with E-state index in [2.05, 4.69) is 22.5 Å². The van der Waals surface area contributed by atoms with Gasteiger partial charge in [0.1, 0.15) is 0 Å². The topological polar surface area (TPSA) is 44.4 Å². The Bertz CT molecular complexity index is 184. The van der Waals surface area contributed by atoms with Gasteiger partial charge in [0.25, 0.3) is 0 Å². The van der Waals surface area contributed by atoms with Crippen molar-refractivity contribution in [2.24, 2.45) is 0 Å². The molecule has 0 aromatic rings. The van der Waals surface area contributed by atoms with Gasteiger partial charge in [0.15, 0.2) is 0 Å². The maximum Gasteiger partial charge on any atom is 0.314 e. The molecule has 0 radical (unpaired) electrons. The molecule has 82 valence electrons. The van der Waals surface area contributed by atoms with Crippen LogP contribution < -0.4 is 10.6 Å². The van der Waals surface area contributed by atoms with E-state index >= 15 is 0 Å². The van der Waals surface area contributed by atoms with E-state index in [4.69, 9.17) is 0 Å². The average Bonchev–Trinajstić information content (AvgIpc) is 2.62. The fourth-order valence-electron chi connectivity index (χ4n) is 1.98. The number of carbonyl (C=O) groups is 1. The fraction of sp³-hybridized carbons (Fsp3) is 0.900. The quantitative estimate of drug-likeness (QED) is 0.703. The monoisotopic (exact) mass is 199 g/mol. The lowest BCUT2D eigenvalue weighted by Crippen LogP contribution is -2.43. The third kappa shape index (κ3) is 3.18. The van der Waals surface area contributed by atoms with Crippen LogP contribution in [-0.4, -0.2) is 43.2 Å². The molecule has 1 saturated heterocycles. The molecule has 0 saturated carbocycles. The van der Waals surface area contributed by atoms with Gasteiger partial charge in [0.05, 0.1) is 0 Å². The number of amides is 2. The molecule has 1 aliphatic rings. The van der Waals surface area contributed by atoms with Crippen molar-refractivity contribution < 1.29 is 4.79 Å². The smallest absolute Gasteiger partial charge is 0.314 e. The van der Waals surface area contributed by atoms with Gasteiger partial charge in [-0.2, -0.15) is 0 Å². The molecule has 0 aromatic carbocycles. The molecule has 1 fully saturated rings. The highest BCUT2D eigenvalue weighted by molar-refractivity contribution is 5.73. The van der Waals surface area contributed by atoms with E-state index in [1.165, 1.54) is 19.4 Å². The minimum atomic E-state index is -0.0459. The van der Waals surface area contributed by atoms with Crippen molar-refractivity contribution in [3.05, 3.63) is 0 Å². The normalized spacial score (nSPS) is 22.3. The molecule has 0 aromatic heterocycles. The molecule has 4 nitrogen and oxygen atoms in total. The maximum atomic E-state index is 11.2. The Morgan fingerprint density at radius 2 is 2.21 bits per heavy atom. The molecule has 1 unspecified atom stereocenters. The third-order valence-corrected chi connectivity index (χ3v) is 2.74. The lowest BCUT2D eigenvalue weighted by atomic mass is 10.2. The predicted molar refractivity (Wildman–Crippen MR) is 57.3 cm³/mol. The van der Waals surface area contributed by atoms with Gasteiger partial charge in [-0.3, -0.25) is 4.90 Å². The summed E-state index contributed by atoms with van der Waals surface area (Å²) >= 11 is 0. The van der Waals surface area contributed by atoms with Gasteiger partial charge >= 0.3 is 6.03 Å². The highest BCUT2D eigenvalue weighted by atomic mass is 16.2. The van der Waals surface area contributed by atoms with E-state index in [9.17, 15) is 4.79 Å². The predicted octanol–water partition coefficient (Wildman–Crippen LogP) is 0.790. The first-order chi connectivity index (χ1) is 6.77. The molecular weight excluding hydrogens is 178 g/mol. The van der Waals surface area contributed by atoms with Gasteiger partial charge in [0, 0.05) is 19.1 Å². The number of nitrogens with zero attached hydrogens (tertiary/aromatic N) is 1. The van der Waals surface area contributed by atoms with Crippen LogP contribution in [0.2, 0.25) is 0 Å².